The third-order valence-electron chi connectivity index (χ3n) is 6.42. The largest absolute Gasteiger partial charge is 0.496 e. The third-order valence-corrected chi connectivity index (χ3v) is 6.42. The van der Waals surface area contributed by atoms with Crippen LogP contribution in [0, 0.1) is 10.1 Å². The molecule has 4 aromatic carbocycles. The first-order valence-corrected chi connectivity index (χ1v) is 12.6. The molecule has 10 nitrogen and oxygen atoms in total. The van der Waals surface area contributed by atoms with Gasteiger partial charge in [0.05, 0.1) is 34.5 Å². The number of furan rings is 1. The Labute approximate surface area is 232 Å². The second-order valence-electron chi connectivity index (χ2n) is 9.08. The van der Waals surface area contributed by atoms with E-state index in [1.54, 1.807) is 61.7 Å². The standard InChI is InChI=1S/C31H22N4O6/c1-39-27-13-6-14-28-25(27)17-29(41-28)30-33-26-12-3-2-11-24(26)31(36)34(30)32-18-20-7-5-10-23(16-20)40-19-21-8-4-9-22(15-21)35(37)38/h2-18H,19H2,1H3. The number of nitro benzene ring substituents is 1. The van der Waals surface area contributed by atoms with Crippen molar-refractivity contribution in [3.8, 4) is 23.1 Å². The van der Waals surface area contributed by atoms with Gasteiger partial charge in [0.25, 0.3) is 11.2 Å². The van der Waals surface area contributed by atoms with Crippen LogP contribution in [0.15, 0.2) is 111 Å². The Kier molecular flexibility index (Phi) is 6.70. The van der Waals surface area contributed by atoms with Gasteiger partial charge in [0.2, 0.25) is 5.82 Å². The maximum atomic E-state index is 13.6. The van der Waals surface area contributed by atoms with Gasteiger partial charge in [0.15, 0.2) is 5.76 Å². The Morgan fingerprint density at radius 2 is 1.80 bits per heavy atom. The number of nitrogens with zero attached hydrogens (tertiary/aromatic N) is 4. The monoisotopic (exact) mass is 546 g/mol. The highest BCUT2D eigenvalue weighted by Crippen LogP contribution is 2.33. The van der Waals surface area contributed by atoms with Gasteiger partial charge >= 0.3 is 0 Å². The molecule has 0 N–H and O–H groups in total. The van der Waals surface area contributed by atoms with Crippen molar-refractivity contribution in [1.29, 1.82) is 0 Å². The van der Waals surface area contributed by atoms with Gasteiger partial charge in [-0.15, -0.1) is 0 Å². The van der Waals surface area contributed by atoms with E-state index >= 15 is 0 Å². The summed E-state index contributed by atoms with van der Waals surface area (Å²) in [6, 6.07) is 27.7. The fourth-order valence-electron chi connectivity index (χ4n) is 4.45. The van der Waals surface area contributed by atoms with Crippen LogP contribution in [0.4, 0.5) is 5.69 Å². The van der Waals surface area contributed by atoms with Crippen molar-refractivity contribution in [2.75, 3.05) is 7.11 Å². The Morgan fingerprint density at radius 3 is 2.66 bits per heavy atom. The van der Waals surface area contributed by atoms with Gasteiger partial charge in [-0.1, -0.05) is 42.5 Å². The number of non-ortho nitro benzene ring substituents is 1. The van der Waals surface area contributed by atoms with Crippen molar-refractivity contribution in [2.45, 2.75) is 6.61 Å². The molecule has 0 saturated heterocycles. The molecule has 0 radical (unpaired) electrons. The molecular weight excluding hydrogens is 524 g/mol. The highest BCUT2D eigenvalue weighted by molar-refractivity contribution is 5.88. The van der Waals surface area contributed by atoms with Gasteiger partial charge in [0.1, 0.15) is 23.7 Å². The summed E-state index contributed by atoms with van der Waals surface area (Å²) in [6.45, 7) is 0.149. The molecule has 2 heterocycles. The zero-order valence-electron chi connectivity index (χ0n) is 21.8. The van der Waals surface area contributed by atoms with Crippen LogP contribution in [0.2, 0.25) is 0 Å². The summed E-state index contributed by atoms with van der Waals surface area (Å²) < 4.78 is 18.6. The lowest BCUT2D eigenvalue weighted by molar-refractivity contribution is -0.384. The summed E-state index contributed by atoms with van der Waals surface area (Å²) in [6.07, 6.45) is 1.53. The number of aromatic nitrogens is 2. The maximum absolute atomic E-state index is 13.6. The molecule has 0 aliphatic carbocycles. The molecule has 0 fully saturated rings. The van der Waals surface area contributed by atoms with Crippen molar-refractivity contribution >= 4 is 33.8 Å². The molecule has 202 valence electrons. The van der Waals surface area contributed by atoms with E-state index in [0.717, 1.165) is 5.39 Å². The molecule has 6 rings (SSSR count). The van der Waals surface area contributed by atoms with Gasteiger partial charge in [-0.05, 0) is 53.6 Å². The predicted octanol–water partition coefficient (Wildman–Crippen LogP) is 6.19. The number of hydrogen-bond donors (Lipinski definition) is 0. The van der Waals surface area contributed by atoms with Crippen LogP contribution in [0.5, 0.6) is 11.5 Å². The Bertz CT molecular complexity index is 2010. The fourth-order valence-corrected chi connectivity index (χ4v) is 4.45. The average molecular weight is 547 g/mol. The van der Waals surface area contributed by atoms with Crippen molar-refractivity contribution in [2.24, 2.45) is 5.10 Å². The van der Waals surface area contributed by atoms with Crippen molar-refractivity contribution in [3.63, 3.8) is 0 Å². The quantitative estimate of drug-likeness (QED) is 0.127. The maximum Gasteiger partial charge on any atom is 0.282 e. The number of para-hydroxylation sites is 1. The summed E-state index contributed by atoms with van der Waals surface area (Å²) in [4.78, 5) is 28.9. The van der Waals surface area contributed by atoms with Crippen molar-refractivity contribution in [1.82, 2.24) is 9.66 Å². The molecule has 0 aliphatic heterocycles. The molecule has 0 aliphatic rings. The summed E-state index contributed by atoms with van der Waals surface area (Å²) >= 11 is 0. The van der Waals surface area contributed by atoms with Gasteiger partial charge in [-0.3, -0.25) is 14.9 Å². The van der Waals surface area contributed by atoms with Crippen LogP contribution in [0.1, 0.15) is 11.1 Å². The molecule has 0 spiro atoms. The number of methoxy groups -OCH3 is 1. The smallest absolute Gasteiger partial charge is 0.282 e. The van der Waals surface area contributed by atoms with Crippen LogP contribution < -0.4 is 15.0 Å². The molecule has 2 aromatic heterocycles. The molecule has 0 unspecified atom stereocenters. The van der Waals surface area contributed by atoms with E-state index in [1.807, 2.05) is 30.3 Å². The summed E-state index contributed by atoms with van der Waals surface area (Å²) in [5, 5.41) is 16.7. The molecule has 6 aromatic rings. The van der Waals surface area contributed by atoms with Gasteiger partial charge in [-0.2, -0.15) is 9.78 Å². The van der Waals surface area contributed by atoms with E-state index in [9.17, 15) is 14.9 Å². The molecule has 10 heteroatoms. The normalized spacial score (nSPS) is 11.3. The minimum Gasteiger partial charge on any atom is -0.496 e. The van der Waals surface area contributed by atoms with E-state index in [1.165, 1.54) is 23.0 Å². The zero-order valence-corrected chi connectivity index (χ0v) is 21.8. The molecule has 0 amide bonds. The minimum absolute atomic E-state index is 0.000113. The second kappa shape index (κ2) is 10.8. The Hall–Kier alpha value is -5.77. The van der Waals surface area contributed by atoms with Crippen molar-refractivity contribution in [3.05, 3.63) is 129 Å². The second-order valence-corrected chi connectivity index (χ2v) is 9.08. The lowest BCUT2D eigenvalue weighted by Crippen LogP contribution is -2.20. The number of benzene rings is 4. The first kappa shape index (κ1) is 25.5. The Balaban J connectivity index is 1.35. The number of ether oxygens (including phenoxy) is 2. The predicted molar refractivity (Wildman–Crippen MR) is 155 cm³/mol. The summed E-state index contributed by atoms with van der Waals surface area (Å²) in [7, 11) is 1.58. The van der Waals surface area contributed by atoms with Gasteiger partial charge < -0.3 is 13.9 Å². The van der Waals surface area contributed by atoms with Crippen molar-refractivity contribution < 1.29 is 18.8 Å². The number of nitro groups is 1. The minimum atomic E-state index is -0.444. The molecule has 0 atom stereocenters. The van der Waals surface area contributed by atoms with Crippen LogP contribution in [-0.2, 0) is 6.61 Å². The summed E-state index contributed by atoms with van der Waals surface area (Å²) in [5.74, 6) is 1.77. The van der Waals surface area contributed by atoms with E-state index < -0.39 is 4.92 Å². The number of fused-ring (bicyclic) bond motifs is 2. The summed E-state index contributed by atoms with van der Waals surface area (Å²) in [5.41, 5.74) is 2.08. The first-order chi connectivity index (χ1) is 20.0. The van der Waals surface area contributed by atoms with E-state index in [4.69, 9.17) is 18.9 Å². The lowest BCUT2D eigenvalue weighted by Gasteiger charge is -2.08. The van der Waals surface area contributed by atoms with E-state index in [-0.39, 0.29) is 23.7 Å². The topological polar surface area (TPSA) is 122 Å². The highest BCUT2D eigenvalue weighted by atomic mass is 16.6. The Morgan fingerprint density at radius 1 is 0.976 bits per heavy atom. The highest BCUT2D eigenvalue weighted by Gasteiger charge is 2.18. The number of rotatable bonds is 8. The van der Waals surface area contributed by atoms with Gasteiger partial charge in [0, 0.05) is 12.1 Å². The van der Waals surface area contributed by atoms with E-state index in [0.29, 0.717) is 44.9 Å². The average Bonchev–Trinajstić information content (AvgIpc) is 3.44. The first-order valence-electron chi connectivity index (χ1n) is 12.6. The van der Waals surface area contributed by atoms with Crippen LogP contribution in [0.25, 0.3) is 33.5 Å². The van der Waals surface area contributed by atoms with Crippen LogP contribution >= 0.6 is 0 Å². The third kappa shape index (κ3) is 5.13. The molecular formula is C31H22N4O6. The van der Waals surface area contributed by atoms with E-state index in [2.05, 4.69) is 5.10 Å². The number of hydrogen-bond acceptors (Lipinski definition) is 8. The SMILES string of the molecule is COc1cccc2oc(-c3nc4ccccc4c(=O)n3N=Cc3cccc(OCc4cccc([N+](=O)[O-])c4)c3)cc12. The zero-order chi connectivity index (χ0) is 28.3. The molecule has 0 saturated carbocycles. The fraction of sp³-hybridized carbons (Fsp3) is 0.0645. The van der Waals surface area contributed by atoms with Gasteiger partial charge in [-0.25, -0.2) is 4.98 Å². The molecule has 0 bridgehead atoms. The lowest BCUT2D eigenvalue weighted by atomic mass is 10.2. The molecule has 41 heavy (non-hydrogen) atoms. The van der Waals surface area contributed by atoms with Crippen LogP contribution in [-0.4, -0.2) is 27.9 Å². The van der Waals surface area contributed by atoms with Crippen LogP contribution in [0.3, 0.4) is 0 Å².